The molecule has 7 nitrogen and oxygen atoms in total. The van der Waals surface area contributed by atoms with Crippen molar-refractivity contribution in [3.63, 3.8) is 0 Å². The first-order valence-corrected chi connectivity index (χ1v) is 7.26. The summed E-state index contributed by atoms with van der Waals surface area (Å²) in [5.41, 5.74) is 1.82. The lowest BCUT2D eigenvalue weighted by Gasteiger charge is -2.06. The van der Waals surface area contributed by atoms with Gasteiger partial charge in [0, 0.05) is 11.8 Å². The minimum absolute atomic E-state index is 0.0730. The second kappa shape index (κ2) is 6.10. The first kappa shape index (κ1) is 14.4. The molecule has 0 saturated heterocycles. The van der Waals surface area contributed by atoms with Crippen molar-refractivity contribution in [1.82, 2.24) is 20.4 Å². The molecule has 2 N–H and O–H groups in total. The topological polar surface area (TPSA) is 101 Å². The average molecular weight is 408 g/mol. The normalized spacial score (nSPS) is 10.4. The lowest BCUT2D eigenvalue weighted by atomic mass is 10.1. The Morgan fingerprint density at radius 3 is 2.68 bits per heavy atom. The molecule has 110 valence electrons. The summed E-state index contributed by atoms with van der Waals surface area (Å²) in [6.07, 6.45) is 1.74. The van der Waals surface area contributed by atoms with E-state index in [1.165, 1.54) is 0 Å². The van der Waals surface area contributed by atoms with Crippen LogP contribution in [0.1, 0.15) is 10.5 Å². The number of nitrogens with one attached hydrogen (secondary N) is 1. The lowest BCUT2D eigenvalue weighted by molar-refractivity contribution is 0.0687. The third-order valence-electron chi connectivity index (χ3n) is 2.87. The van der Waals surface area contributed by atoms with Crippen molar-refractivity contribution < 1.29 is 14.6 Å². The minimum Gasteiger partial charge on any atom is -0.476 e. The molecule has 0 atom stereocenters. The number of benzene rings is 1. The van der Waals surface area contributed by atoms with E-state index in [0.717, 1.165) is 14.8 Å². The molecule has 0 bridgehead atoms. The molecule has 3 rings (SSSR count). The van der Waals surface area contributed by atoms with Gasteiger partial charge in [-0.1, -0.05) is 28.5 Å². The fourth-order valence-corrected chi connectivity index (χ4v) is 2.50. The fraction of sp³-hybridized carbons (Fsp3) is 0. The van der Waals surface area contributed by atoms with Crippen molar-refractivity contribution in [2.45, 2.75) is 0 Å². The average Bonchev–Trinajstić information content (AvgIpc) is 2.97. The van der Waals surface area contributed by atoms with Gasteiger partial charge in [0.2, 0.25) is 5.69 Å². The van der Waals surface area contributed by atoms with E-state index in [9.17, 15) is 4.79 Å². The van der Waals surface area contributed by atoms with Gasteiger partial charge >= 0.3 is 5.97 Å². The summed E-state index contributed by atoms with van der Waals surface area (Å²) in [6, 6.07) is 11.1. The van der Waals surface area contributed by atoms with Gasteiger partial charge in [-0.15, -0.1) is 0 Å². The van der Waals surface area contributed by atoms with Crippen molar-refractivity contribution in [2.24, 2.45) is 0 Å². The number of carbonyl (C=O) groups is 1. The maximum Gasteiger partial charge on any atom is 0.359 e. The van der Waals surface area contributed by atoms with Crippen molar-refractivity contribution in [1.29, 1.82) is 0 Å². The van der Waals surface area contributed by atoms with Crippen LogP contribution in [0, 0.1) is 3.70 Å². The zero-order valence-electron chi connectivity index (χ0n) is 11.0. The minimum atomic E-state index is -1.18. The first-order valence-electron chi connectivity index (χ1n) is 6.18. The summed E-state index contributed by atoms with van der Waals surface area (Å²) < 4.78 is 6.33. The van der Waals surface area contributed by atoms with E-state index in [4.69, 9.17) is 9.84 Å². The number of pyridine rings is 1. The van der Waals surface area contributed by atoms with E-state index in [-0.39, 0.29) is 11.6 Å². The standard InChI is InChI=1S/C14H9IN4O3/c15-12-10(2-1-7-16-12)8-3-5-9(6-4-8)22-13-11(14(20)21)17-19-18-13/h1-7H,(H,20,21)(H,17,18,19). The summed E-state index contributed by atoms with van der Waals surface area (Å²) in [5, 5.41) is 18.3. The number of carboxylic acid groups (broad SMARTS) is 1. The Morgan fingerprint density at radius 1 is 1.23 bits per heavy atom. The van der Waals surface area contributed by atoms with Crippen LogP contribution in [0.15, 0.2) is 42.6 Å². The molecular formula is C14H9IN4O3. The number of rotatable bonds is 4. The molecule has 0 radical (unpaired) electrons. The van der Waals surface area contributed by atoms with Crippen LogP contribution in [0.4, 0.5) is 0 Å². The Hall–Kier alpha value is -2.49. The van der Waals surface area contributed by atoms with Gasteiger partial charge in [-0.05, 0) is 46.4 Å². The van der Waals surface area contributed by atoms with Gasteiger partial charge in [-0.2, -0.15) is 0 Å². The van der Waals surface area contributed by atoms with E-state index in [2.05, 4.69) is 43.0 Å². The van der Waals surface area contributed by atoms with Gasteiger partial charge in [0.05, 0.1) is 0 Å². The number of aromatic amines is 1. The molecule has 3 aromatic rings. The maximum atomic E-state index is 11.0. The smallest absolute Gasteiger partial charge is 0.359 e. The highest BCUT2D eigenvalue weighted by Crippen LogP contribution is 2.27. The predicted molar refractivity (Wildman–Crippen MR) is 85.8 cm³/mol. The largest absolute Gasteiger partial charge is 0.476 e. The van der Waals surface area contributed by atoms with Crippen LogP contribution in [-0.4, -0.2) is 31.5 Å². The van der Waals surface area contributed by atoms with Crippen LogP contribution in [0.25, 0.3) is 11.1 Å². The second-order valence-corrected chi connectivity index (χ2v) is 5.29. The van der Waals surface area contributed by atoms with Gasteiger partial charge in [-0.25, -0.2) is 14.9 Å². The number of H-pyrrole nitrogens is 1. The number of aromatic carboxylic acids is 1. The molecule has 0 aliphatic carbocycles. The highest BCUT2D eigenvalue weighted by molar-refractivity contribution is 14.1. The Balaban J connectivity index is 1.84. The van der Waals surface area contributed by atoms with Crippen molar-refractivity contribution in [3.8, 4) is 22.8 Å². The lowest BCUT2D eigenvalue weighted by Crippen LogP contribution is -1.99. The number of nitrogens with zero attached hydrogens (tertiary/aromatic N) is 3. The van der Waals surface area contributed by atoms with E-state index < -0.39 is 5.97 Å². The molecule has 2 aromatic heterocycles. The first-order chi connectivity index (χ1) is 10.6. The molecule has 0 aliphatic heterocycles. The van der Waals surface area contributed by atoms with Crippen LogP contribution >= 0.6 is 22.6 Å². The summed E-state index contributed by atoms with van der Waals surface area (Å²) in [4.78, 5) is 15.2. The predicted octanol–water partition coefficient (Wildman–Crippen LogP) is 2.96. The van der Waals surface area contributed by atoms with Crippen LogP contribution in [-0.2, 0) is 0 Å². The van der Waals surface area contributed by atoms with Gasteiger partial charge in [-0.3, -0.25) is 0 Å². The molecule has 1 aromatic carbocycles. The summed E-state index contributed by atoms with van der Waals surface area (Å²) in [6.45, 7) is 0. The third-order valence-corrected chi connectivity index (χ3v) is 3.73. The van der Waals surface area contributed by atoms with Crippen LogP contribution in [0.3, 0.4) is 0 Å². The summed E-state index contributed by atoms with van der Waals surface area (Å²) >= 11 is 2.17. The number of aromatic nitrogens is 4. The molecule has 2 heterocycles. The van der Waals surface area contributed by atoms with Gasteiger partial charge in [0.15, 0.2) is 0 Å². The van der Waals surface area contributed by atoms with Gasteiger partial charge in [0.1, 0.15) is 9.45 Å². The molecular weight excluding hydrogens is 399 g/mol. The maximum absolute atomic E-state index is 11.0. The van der Waals surface area contributed by atoms with Gasteiger partial charge in [0.25, 0.3) is 5.88 Å². The molecule has 8 heteroatoms. The molecule has 0 fully saturated rings. The van der Waals surface area contributed by atoms with Crippen LogP contribution in [0.2, 0.25) is 0 Å². The third kappa shape index (κ3) is 2.91. The van der Waals surface area contributed by atoms with Crippen molar-refractivity contribution in [2.75, 3.05) is 0 Å². The van der Waals surface area contributed by atoms with E-state index in [0.29, 0.717) is 5.75 Å². The molecule has 0 amide bonds. The Kier molecular flexibility index (Phi) is 4.00. The molecule has 0 spiro atoms. The Labute approximate surface area is 138 Å². The number of carboxylic acids is 1. The summed E-state index contributed by atoms with van der Waals surface area (Å²) in [7, 11) is 0. The Bertz CT molecular complexity index is 817. The molecule has 0 aliphatic rings. The van der Waals surface area contributed by atoms with E-state index >= 15 is 0 Å². The SMILES string of the molecule is O=C(O)c1[nH]nnc1Oc1ccc(-c2cccnc2I)cc1. The Morgan fingerprint density at radius 2 is 2.00 bits per heavy atom. The zero-order chi connectivity index (χ0) is 15.5. The van der Waals surface area contributed by atoms with Crippen molar-refractivity contribution >= 4 is 28.6 Å². The van der Waals surface area contributed by atoms with E-state index in [1.807, 2.05) is 24.3 Å². The number of hydrogen-bond acceptors (Lipinski definition) is 5. The number of halogens is 1. The quantitative estimate of drug-likeness (QED) is 0.509. The second-order valence-electron chi connectivity index (χ2n) is 4.27. The number of hydrogen-bond donors (Lipinski definition) is 2. The van der Waals surface area contributed by atoms with E-state index in [1.54, 1.807) is 18.3 Å². The van der Waals surface area contributed by atoms with Crippen LogP contribution in [0.5, 0.6) is 11.6 Å². The van der Waals surface area contributed by atoms with Crippen LogP contribution < -0.4 is 4.74 Å². The monoisotopic (exact) mass is 408 g/mol. The summed E-state index contributed by atoms with van der Waals surface area (Å²) in [5.74, 6) is -0.781. The molecule has 22 heavy (non-hydrogen) atoms. The highest BCUT2D eigenvalue weighted by atomic mass is 127. The van der Waals surface area contributed by atoms with Gasteiger partial charge < -0.3 is 9.84 Å². The zero-order valence-corrected chi connectivity index (χ0v) is 13.2. The number of ether oxygens (including phenoxy) is 1. The molecule has 0 saturated carbocycles. The fourth-order valence-electron chi connectivity index (χ4n) is 1.84. The van der Waals surface area contributed by atoms with Crippen molar-refractivity contribution in [3.05, 3.63) is 52.0 Å². The molecule has 0 unspecified atom stereocenters. The highest BCUT2D eigenvalue weighted by Gasteiger charge is 2.16.